The molecule has 0 bridgehead atoms. The molecule has 0 radical (unpaired) electrons. The zero-order valence-corrected chi connectivity index (χ0v) is 13.5. The van der Waals surface area contributed by atoms with E-state index in [1.54, 1.807) is 6.07 Å². The smallest absolute Gasteiger partial charge is 0.273 e. The van der Waals surface area contributed by atoms with Crippen molar-refractivity contribution in [3.8, 4) is 0 Å². The van der Waals surface area contributed by atoms with Crippen LogP contribution in [0.15, 0.2) is 40.9 Å². The summed E-state index contributed by atoms with van der Waals surface area (Å²) in [5.41, 5.74) is 1.44. The van der Waals surface area contributed by atoms with Gasteiger partial charge in [0, 0.05) is 19.2 Å². The molecule has 1 aromatic carbocycles. The van der Waals surface area contributed by atoms with E-state index in [0.717, 1.165) is 6.54 Å². The molecule has 0 saturated heterocycles. The molecule has 23 heavy (non-hydrogen) atoms. The van der Waals surface area contributed by atoms with Crippen LogP contribution in [0.4, 0.5) is 0 Å². The summed E-state index contributed by atoms with van der Waals surface area (Å²) in [6.07, 6.45) is 0.0524. The summed E-state index contributed by atoms with van der Waals surface area (Å²) in [6.45, 7) is 3.41. The fourth-order valence-corrected chi connectivity index (χ4v) is 2.16. The van der Waals surface area contributed by atoms with Crippen LogP contribution in [0.5, 0.6) is 0 Å². The highest BCUT2D eigenvalue weighted by molar-refractivity contribution is 5.92. The summed E-state index contributed by atoms with van der Waals surface area (Å²) in [7, 11) is 1.98. The highest BCUT2D eigenvalue weighted by atomic mass is 16.5. The third kappa shape index (κ3) is 5.50. The number of hydrogen-bond acceptors (Lipinski definition) is 5. The lowest BCUT2D eigenvalue weighted by Crippen LogP contribution is -2.31. The molecule has 1 amide bonds. The maximum Gasteiger partial charge on any atom is 0.273 e. The molecule has 124 valence electrons. The molecule has 1 heterocycles. The monoisotopic (exact) mass is 317 g/mol. The van der Waals surface area contributed by atoms with Gasteiger partial charge in [0.05, 0.1) is 12.6 Å². The molecule has 0 unspecified atom stereocenters. The quantitative estimate of drug-likeness (QED) is 0.776. The molecular weight excluding hydrogens is 294 g/mol. The Morgan fingerprint density at radius 1 is 1.35 bits per heavy atom. The second-order valence-corrected chi connectivity index (χ2v) is 5.61. The van der Waals surface area contributed by atoms with Gasteiger partial charge in [-0.3, -0.25) is 9.69 Å². The SMILES string of the molecule is CC[C@@H](O)CNC(=O)c1cc(CN(C)Cc2ccccc2)on1. The van der Waals surface area contributed by atoms with Crippen molar-refractivity contribution in [3.63, 3.8) is 0 Å². The minimum absolute atomic E-state index is 0.214. The third-order valence-electron chi connectivity index (χ3n) is 3.48. The van der Waals surface area contributed by atoms with Crippen molar-refractivity contribution in [2.24, 2.45) is 0 Å². The van der Waals surface area contributed by atoms with Crippen LogP contribution >= 0.6 is 0 Å². The van der Waals surface area contributed by atoms with Crippen LogP contribution in [-0.4, -0.2) is 40.8 Å². The van der Waals surface area contributed by atoms with Crippen molar-refractivity contribution in [1.82, 2.24) is 15.4 Å². The summed E-state index contributed by atoms with van der Waals surface area (Å²) < 4.78 is 5.21. The van der Waals surface area contributed by atoms with Crippen LogP contribution in [0.3, 0.4) is 0 Å². The number of aromatic nitrogens is 1. The lowest BCUT2D eigenvalue weighted by molar-refractivity contribution is 0.0905. The van der Waals surface area contributed by atoms with E-state index in [1.807, 2.05) is 32.2 Å². The zero-order chi connectivity index (χ0) is 16.7. The van der Waals surface area contributed by atoms with Gasteiger partial charge >= 0.3 is 0 Å². The number of nitrogens with zero attached hydrogens (tertiary/aromatic N) is 2. The molecule has 2 aromatic rings. The Kier molecular flexibility index (Phi) is 6.31. The molecule has 0 aliphatic heterocycles. The average molecular weight is 317 g/mol. The van der Waals surface area contributed by atoms with E-state index < -0.39 is 6.10 Å². The normalized spacial score (nSPS) is 12.3. The number of nitrogens with one attached hydrogen (secondary N) is 1. The van der Waals surface area contributed by atoms with Crippen LogP contribution in [0.25, 0.3) is 0 Å². The first-order valence-electron chi connectivity index (χ1n) is 7.72. The molecule has 1 aromatic heterocycles. The number of aliphatic hydroxyl groups is 1. The predicted octanol–water partition coefficient (Wildman–Crippen LogP) is 1.81. The van der Waals surface area contributed by atoms with Gasteiger partial charge in [0.2, 0.25) is 0 Å². The Morgan fingerprint density at radius 2 is 2.09 bits per heavy atom. The highest BCUT2D eigenvalue weighted by Crippen LogP contribution is 2.09. The van der Waals surface area contributed by atoms with E-state index in [4.69, 9.17) is 4.52 Å². The first-order chi connectivity index (χ1) is 11.1. The lowest BCUT2D eigenvalue weighted by Gasteiger charge is -2.14. The molecule has 0 fully saturated rings. The molecule has 0 spiro atoms. The number of amides is 1. The van der Waals surface area contributed by atoms with Crippen molar-refractivity contribution in [1.29, 1.82) is 0 Å². The van der Waals surface area contributed by atoms with Crippen molar-refractivity contribution in [2.45, 2.75) is 32.5 Å². The second kappa shape index (κ2) is 8.45. The van der Waals surface area contributed by atoms with Gasteiger partial charge in [0.15, 0.2) is 11.5 Å². The second-order valence-electron chi connectivity index (χ2n) is 5.61. The Balaban J connectivity index is 1.85. The summed E-state index contributed by atoms with van der Waals surface area (Å²) in [6, 6.07) is 11.8. The molecule has 2 rings (SSSR count). The first kappa shape index (κ1) is 17.2. The number of rotatable bonds is 8. The van der Waals surface area contributed by atoms with Crippen molar-refractivity contribution >= 4 is 5.91 Å². The minimum Gasteiger partial charge on any atom is -0.391 e. The van der Waals surface area contributed by atoms with Crippen molar-refractivity contribution in [3.05, 3.63) is 53.4 Å². The Bertz CT molecular complexity index is 613. The van der Waals surface area contributed by atoms with Crippen molar-refractivity contribution < 1.29 is 14.4 Å². The molecule has 0 aliphatic rings. The highest BCUT2D eigenvalue weighted by Gasteiger charge is 2.14. The van der Waals surface area contributed by atoms with Crippen LogP contribution < -0.4 is 5.32 Å². The van der Waals surface area contributed by atoms with Gasteiger partial charge in [-0.1, -0.05) is 42.4 Å². The Hall–Kier alpha value is -2.18. The first-order valence-corrected chi connectivity index (χ1v) is 7.72. The van der Waals surface area contributed by atoms with E-state index >= 15 is 0 Å². The van der Waals surface area contributed by atoms with E-state index in [9.17, 15) is 9.90 Å². The van der Waals surface area contributed by atoms with Crippen LogP contribution in [0, 0.1) is 0 Å². The Labute approximate surface area is 136 Å². The molecule has 6 nitrogen and oxygen atoms in total. The summed E-state index contributed by atoms with van der Waals surface area (Å²) >= 11 is 0. The molecule has 6 heteroatoms. The number of aliphatic hydroxyl groups excluding tert-OH is 1. The van der Waals surface area contributed by atoms with E-state index in [0.29, 0.717) is 18.7 Å². The van der Waals surface area contributed by atoms with Gasteiger partial charge in [-0.2, -0.15) is 0 Å². The van der Waals surface area contributed by atoms with Crippen LogP contribution in [0.2, 0.25) is 0 Å². The topological polar surface area (TPSA) is 78.6 Å². The summed E-state index contributed by atoms with van der Waals surface area (Å²) in [5.74, 6) is 0.294. The largest absolute Gasteiger partial charge is 0.391 e. The van der Waals surface area contributed by atoms with E-state index in [1.165, 1.54) is 5.56 Å². The molecular formula is C17H23N3O3. The summed E-state index contributed by atoms with van der Waals surface area (Å²) in [4.78, 5) is 14.0. The van der Waals surface area contributed by atoms with Crippen LogP contribution in [0.1, 0.15) is 35.2 Å². The lowest BCUT2D eigenvalue weighted by atomic mass is 10.2. The molecule has 0 aliphatic carbocycles. The number of carbonyl (C=O) groups excluding carboxylic acids is 1. The van der Waals surface area contributed by atoms with Gasteiger partial charge in [0.25, 0.3) is 5.91 Å². The fourth-order valence-electron chi connectivity index (χ4n) is 2.16. The molecule has 2 N–H and O–H groups in total. The fraction of sp³-hybridized carbons (Fsp3) is 0.412. The number of benzene rings is 1. The van der Waals surface area contributed by atoms with Crippen LogP contribution in [-0.2, 0) is 13.1 Å². The average Bonchev–Trinajstić information content (AvgIpc) is 3.01. The maximum absolute atomic E-state index is 11.9. The zero-order valence-electron chi connectivity index (χ0n) is 13.5. The predicted molar refractivity (Wildman–Crippen MR) is 86.7 cm³/mol. The maximum atomic E-state index is 11.9. The van der Waals surface area contributed by atoms with E-state index in [2.05, 4.69) is 27.5 Å². The Morgan fingerprint density at radius 3 is 2.78 bits per heavy atom. The van der Waals surface area contributed by atoms with Gasteiger partial charge in [0.1, 0.15) is 0 Å². The number of carbonyl (C=O) groups is 1. The standard InChI is InChI=1S/C17H23N3O3/c1-3-14(21)10-18-17(22)16-9-15(23-19-16)12-20(2)11-13-7-5-4-6-8-13/h4-9,14,21H,3,10-12H2,1-2H3,(H,18,22)/t14-/m1/s1. The van der Waals surface area contributed by atoms with Crippen molar-refractivity contribution in [2.75, 3.05) is 13.6 Å². The van der Waals surface area contributed by atoms with Gasteiger partial charge < -0.3 is 14.9 Å². The van der Waals surface area contributed by atoms with Gasteiger partial charge in [-0.25, -0.2) is 0 Å². The third-order valence-corrected chi connectivity index (χ3v) is 3.48. The van der Waals surface area contributed by atoms with Gasteiger partial charge in [-0.15, -0.1) is 0 Å². The molecule has 1 atom stereocenters. The molecule has 0 saturated carbocycles. The summed E-state index contributed by atoms with van der Waals surface area (Å²) in [5, 5.41) is 15.9. The van der Waals surface area contributed by atoms with E-state index in [-0.39, 0.29) is 18.1 Å². The number of hydrogen-bond donors (Lipinski definition) is 2. The van der Waals surface area contributed by atoms with Gasteiger partial charge in [-0.05, 0) is 19.0 Å². The minimum atomic E-state index is -0.540.